The minimum absolute atomic E-state index is 0. The fourth-order valence-electron chi connectivity index (χ4n) is 8.53. The van der Waals surface area contributed by atoms with E-state index < -0.39 is 23.9 Å². The number of ether oxygens (including phenoxy) is 8. The van der Waals surface area contributed by atoms with E-state index in [1.165, 1.54) is 98.4 Å². The molecule has 120 heavy (non-hydrogen) atoms. The number of thioether (sulfide) groups is 3. The molecule has 0 unspecified atom stereocenters. The number of hydrogen-bond donors (Lipinski definition) is 9. The van der Waals surface area contributed by atoms with E-state index in [9.17, 15) is 20.1 Å². The third-order valence-corrected chi connectivity index (χ3v) is 16.9. The third-order valence-electron chi connectivity index (χ3n) is 14.5. The van der Waals surface area contributed by atoms with E-state index in [4.69, 9.17) is 116 Å². The zero-order chi connectivity index (χ0) is 87.5. The molecular formula is C77H87Cl3K2N20O15S3. The number of primary amides is 2. The van der Waals surface area contributed by atoms with Crippen molar-refractivity contribution < 1.29 is 72.9 Å². The van der Waals surface area contributed by atoms with Gasteiger partial charge in [0.05, 0.1) is 48.7 Å². The molecule has 0 fully saturated rings. The van der Waals surface area contributed by atoms with Crippen LogP contribution in [0.3, 0.4) is 0 Å². The van der Waals surface area contributed by atoms with Gasteiger partial charge in [-0.25, -0.2) is 30.2 Å². The quantitative estimate of drug-likeness (QED) is 0.00307. The van der Waals surface area contributed by atoms with Crippen molar-refractivity contribution in [3.05, 3.63) is 194 Å². The van der Waals surface area contributed by atoms with Gasteiger partial charge in [0.1, 0.15) is 89.2 Å². The van der Waals surface area contributed by atoms with Crippen molar-refractivity contribution in [2.45, 2.75) is 74.9 Å². The number of methoxy groups -OCH3 is 6. The molecule has 2 atom stereocenters. The number of halogens is 3. The zero-order valence-corrected chi connectivity index (χ0v) is 77.7. The van der Waals surface area contributed by atoms with Crippen molar-refractivity contribution in [2.24, 2.45) is 17.2 Å². The molecule has 0 aliphatic heterocycles. The summed E-state index contributed by atoms with van der Waals surface area (Å²) in [5.74, 6) is 4.70. The molecule has 0 radical (unpaired) electrons. The Labute approximate surface area is 767 Å². The average Bonchev–Trinajstić information content (AvgIpc) is 0.814. The SMILES string of the molecule is C.CC[C@@H](N)C(N)=O.CC[C@@H](Nc1nc(Nc2cccc(OC)c2)c(C#N)c(OCc2ccc(OC)cc2)n1)C(N)=O.COc1ccc(COc2nc(SC)nc(Nc3cccc(OC)c3)c2C#N)cc1.COc1cccc(N)c1.COc1cccc(Nc2nc(SC)nc(Cl)c2C#N)c1.CSc1nc(Cl)c(C#N)c(Cl)n1.O.O=COOO.[K][K]. The van der Waals surface area contributed by atoms with Crippen LogP contribution in [-0.4, -0.2) is 206 Å². The summed E-state index contributed by atoms with van der Waals surface area (Å²) in [6, 6.07) is 50.9. The molecule has 0 spiro atoms. The van der Waals surface area contributed by atoms with Crippen molar-refractivity contribution in [3.63, 3.8) is 0 Å². The normalized spacial score (nSPS) is 10.0. The second-order valence-electron chi connectivity index (χ2n) is 22.0. The summed E-state index contributed by atoms with van der Waals surface area (Å²) in [6.07, 6.45) is 6.56. The Morgan fingerprint density at radius 3 is 1.16 bits per heavy atom. The Morgan fingerprint density at radius 1 is 0.500 bits per heavy atom. The first kappa shape index (κ1) is 108. The number of carbonyl (C=O) groups is 3. The standard InChI is InChI=1S/C24H26N6O4.C21H20N4O3S.C13H11ClN4OS.C7H9NO.C6H3Cl2N3S.C4H10N2O.CH2O4.CH4.2K.H2O/c1-4-20(21(26)31)28-24-29-22(27-16-6-5-7-18(12-16)33-3)19(13-25)23(30-24)34-14-15-8-10-17(32-2)11-9-15;1-26-16-9-7-14(8-10-16)13-28-20-18(12-22)19(24-21(25-20)29-3)23-15-5-4-6-17(11-15)27-2;1-19-9-5-3-4-8(6-9)16-12-10(7-15)11(14)17-13(18-12)20-2;1-9-7-4-2-3-6(8)5-7;1-12-6-10-4(7)3(2-9)5(8)11-6;1-2-3(5)4(6)7;2-1-4-5-3;;;;/h5-12,20H,4,14H2,1-3H3,(H2,26,31)(H2,27,28,29,30);4-11H,13H2,1-3H3,(H,23,24,25);3-6H,1-2H3,(H,16,17,18);2-5H,8H2,1H3;1H3;3H,2,5H2,1H3,(H2,6,7);1,3H;1H4;;;1H2/t20-;;;;;3-;;;;;/m1....1...../s1. The number of nitrogens with one attached hydrogen (secondary N) is 4. The number of aromatic nitrogens is 8. The number of anilines is 8. The second-order valence-corrected chi connectivity index (χ2v) is 25.4. The molecule has 2 amide bonds. The van der Waals surface area contributed by atoms with Crippen molar-refractivity contribution in [3.8, 4) is 70.5 Å². The van der Waals surface area contributed by atoms with Crippen LogP contribution in [-0.2, 0) is 37.5 Å². The van der Waals surface area contributed by atoms with Crippen LogP contribution in [0.25, 0.3) is 0 Å². The number of nitrogens with two attached hydrogens (primary N) is 4. The minimum atomic E-state index is -0.688. The third kappa shape index (κ3) is 38.4. The van der Waals surface area contributed by atoms with Crippen molar-refractivity contribution in [1.29, 1.82) is 21.0 Å². The molecule has 4 aromatic heterocycles. The van der Waals surface area contributed by atoms with E-state index in [1.807, 2.05) is 148 Å². The zero-order valence-electron chi connectivity index (χ0n) is 66.7. The Balaban J connectivity index is 0.000000755. The Morgan fingerprint density at radius 2 is 0.850 bits per heavy atom. The van der Waals surface area contributed by atoms with Crippen LogP contribution >= 0.6 is 70.1 Å². The number of nitrogens with zero attached hydrogens (tertiary/aromatic N) is 12. The van der Waals surface area contributed by atoms with Gasteiger partial charge in [-0.05, 0) is 121 Å². The van der Waals surface area contributed by atoms with Gasteiger partial charge in [0.2, 0.25) is 29.5 Å². The predicted octanol–water partition coefficient (Wildman–Crippen LogP) is 12.7. The molecule has 6 aromatic carbocycles. The van der Waals surface area contributed by atoms with Gasteiger partial charge in [-0.3, -0.25) is 19.3 Å². The summed E-state index contributed by atoms with van der Waals surface area (Å²) in [7, 11) is 9.58. The van der Waals surface area contributed by atoms with Gasteiger partial charge >= 0.3 is 69.6 Å². The van der Waals surface area contributed by atoms with E-state index in [1.54, 1.807) is 85.3 Å². The van der Waals surface area contributed by atoms with Crippen molar-refractivity contribution in [2.75, 3.05) is 88.4 Å². The summed E-state index contributed by atoms with van der Waals surface area (Å²) in [5, 5.41) is 61.3. The molecule has 15 N–H and O–H groups in total. The van der Waals surface area contributed by atoms with Crippen LogP contribution in [0.1, 0.15) is 67.5 Å². The van der Waals surface area contributed by atoms with Gasteiger partial charge in [-0.15, -0.1) is 0 Å². The second kappa shape index (κ2) is 61.7. The Hall–Kier alpha value is -9.56. The number of rotatable bonds is 29. The van der Waals surface area contributed by atoms with Crippen LogP contribution in [0.5, 0.6) is 46.3 Å². The topological polar surface area (TPSA) is 546 Å². The molecule has 0 aliphatic rings. The first-order valence-electron chi connectivity index (χ1n) is 34.4. The van der Waals surface area contributed by atoms with E-state index in [-0.39, 0.29) is 93.8 Å². The van der Waals surface area contributed by atoms with Crippen molar-refractivity contribution in [1.82, 2.24) is 39.9 Å². The predicted molar refractivity (Wildman–Crippen MR) is 465 cm³/mol. The summed E-state index contributed by atoms with van der Waals surface area (Å²) in [6.45, 7) is 4.00. The Kier molecular flexibility index (Phi) is 55.8. The van der Waals surface area contributed by atoms with Crippen LogP contribution in [0.2, 0.25) is 15.5 Å². The van der Waals surface area contributed by atoms with Crippen LogP contribution in [0.15, 0.2) is 161 Å². The fourth-order valence-corrected chi connectivity index (χ4v) is 10.4. The molecule has 0 bridgehead atoms. The number of amides is 2. The summed E-state index contributed by atoms with van der Waals surface area (Å²) in [4.78, 5) is 67.4. The summed E-state index contributed by atoms with van der Waals surface area (Å²) >= 11 is 23.8. The number of nitrogen functional groups attached to an aromatic ring is 1. The van der Waals surface area contributed by atoms with E-state index in [0.29, 0.717) is 62.9 Å². The first-order valence-corrected chi connectivity index (χ1v) is 55.3. The fraction of sp³-hybridized carbons (Fsp3) is 0.234. The van der Waals surface area contributed by atoms with E-state index in [0.717, 1.165) is 45.4 Å². The number of hydrogen-bond acceptors (Lipinski definition) is 35. The molecule has 0 saturated carbocycles. The molecule has 35 nitrogen and oxygen atoms in total. The molecular weight excluding hydrogens is 1730 g/mol. The van der Waals surface area contributed by atoms with Gasteiger partial charge < -0.3 is 87.6 Å². The van der Waals surface area contributed by atoms with Gasteiger partial charge in [0, 0.05) is 47.0 Å². The average molecular weight is 1810 g/mol. The van der Waals surface area contributed by atoms with Gasteiger partial charge in [0.15, 0.2) is 59.5 Å². The Bertz CT molecular complexity index is 4990. The van der Waals surface area contributed by atoms with Crippen LogP contribution in [0.4, 0.5) is 46.2 Å². The van der Waals surface area contributed by atoms with Gasteiger partial charge in [-0.2, -0.15) is 36.0 Å². The number of carbonyl (C=O) groups excluding carboxylic acids is 3. The van der Waals surface area contributed by atoms with Crippen molar-refractivity contribution >= 4 is 198 Å². The van der Waals surface area contributed by atoms with Crippen LogP contribution < -0.4 is 82.1 Å². The number of nitriles is 4. The first-order chi connectivity index (χ1) is 56.9. The summed E-state index contributed by atoms with van der Waals surface area (Å²) < 4.78 is 42.7. The molecule has 10 rings (SSSR count). The molecule has 10 aromatic rings. The van der Waals surface area contributed by atoms with Gasteiger partial charge in [-0.1, -0.05) is 140 Å². The molecule has 4 heterocycles. The summed E-state index contributed by atoms with van der Waals surface area (Å²) in [5.41, 5.74) is 26.2. The maximum absolute atomic E-state index is 11.7. The molecule has 626 valence electrons. The monoisotopic (exact) mass is 1810 g/mol. The maximum atomic E-state index is 11.7. The van der Waals surface area contributed by atoms with E-state index in [2.05, 4.69) is 83.2 Å². The van der Waals surface area contributed by atoms with Gasteiger partial charge in [0.25, 0.3) is 0 Å². The molecule has 43 heteroatoms. The molecule has 0 aliphatic carbocycles. The molecule has 0 saturated heterocycles. The number of benzene rings is 6. The van der Waals surface area contributed by atoms with Crippen LogP contribution in [0, 0.1) is 45.3 Å². The van der Waals surface area contributed by atoms with E-state index >= 15 is 0 Å².